The second kappa shape index (κ2) is 10.3. The number of hydrogen-bond acceptors (Lipinski definition) is 7. The number of anilines is 2. The van der Waals surface area contributed by atoms with Gasteiger partial charge in [-0.15, -0.1) is 0 Å². The smallest absolute Gasteiger partial charge is 0.163 e. The van der Waals surface area contributed by atoms with Crippen LogP contribution in [0.4, 0.5) is 15.8 Å². The molecule has 34 heavy (non-hydrogen) atoms. The molecule has 0 amide bonds. The van der Waals surface area contributed by atoms with Crippen molar-refractivity contribution in [1.82, 2.24) is 0 Å². The third-order valence-corrected chi connectivity index (χ3v) is 5.75. The highest BCUT2D eigenvalue weighted by Gasteiger charge is 2.35. The topological polar surface area (TPSA) is 104 Å². The first-order chi connectivity index (χ1) is 16.4. The van der Waals surface area contributed by atoms with Gasteiger partial charge >= 0.3 is 0 Å². The van der Waals surface area contributed by atoms with Crippen LogP contribution in [-0.4, -0.2) is 26.7 Å². The van der Waals surface area contributed by atoms with Crippen molar-refractivity contribution in [3.8, 4) is 11.5 Å². The Hall–Kier alpha value is -3.33. The third-order valence-electron chi connectivity index (χ3n) is 5.45. The van der Waals surface area contributed by atoms with Crippen molar-refractivity contribution in [2.24, 2.45) is 10.7 Å². The SMILES string of the molecule is COCCCOc1cc2c(cc1N)C(N)(c1ccc(OCc3cccc(F)c3)c(Cl)c1)N=CN2. The van der Waals surface area contributed by atoms with E-state index in [0.717, 1.165) is 12.1 Å². The number of hydrogen-bond donors (Lipinski definition) is 3. The van der Waals surface area contributed by atoms with Gasteiger partial charge in [-0.25, -0.2) is 9.38 Å². The van der Waals surface area contributed by atoms with E-state index in [1.807, 2.05) is 6.07 Å². The van der Waals surface area contributed by atoms with E-state index in [2.05, 4.69) is 10.3 Å². The molecule has 3 aromatic carbocycles. The summed E-state index contributed by atoms with van der Waals surface area (Å²) in [5, 5.41) is 3.47. The molecule has 0 spiro atoms. The molecule has 4 rings (SSSR count). The lowest BCUT2D eigenvalue weighted by Crippen LogP contribution is -2.39. The van der Waals surface area contributed by atoms with Crippen LogP contribution in [0.1, 0.15) is 23.1 Å². The standard InChI is InChI=1S/C25H26ClFN4O3/c1-32-8-3-9-33-24-13-22-19(12-21(24)28)25(29,31-15-30-22)17-6-7-23(20(26)11-17)34-14-16-4-2-5-18(27)10-16/h2,4-7,10-13,15H,3,8-9,14,28-29H2,1H3,(H,30,31). The fourth-order valence-electron chi connectivity index (χ4n) is 3.69. The quantitative estimate of drug-likeness (QED) is 0.301. The highest BCUT2D eigenvalue weighted by molar-refractivity contribution is 6.32. The Labute approximate surface area is 202 Å². The number of nitrogen functional groups attached to an aromatic ring is 1. The number of aliphatic imine (C=N–C) groups is 1. The Kier molecular flexibility index (Phi) is 7.21. The number of halogens is 2. The molecule has 1 unspecified atom stereocenters. The fraction of sp³-hybridized carbons (Fsp3) is 0.240. The van der Waals surface area contributed by atoms with Crippen LogP contribution in [0.15, 0.2) is 59.6 Å². The number of rotatable bonds is 9. The molecule has 0 aromatic heterocycles. The molecule has 0 saturated heterocycles. The van der Waals surface area contributed by atoms with Gasteiger partial charge in [-0.3, -0.25) is 5.73 Å². The summed E-state index contributed by atoms with van der Waals surface area (Å²) in [4.78, 5) is 4.49. The van der Waals surface area contributed by atoms with Gasteiger partial charge < -0.3 is 25.3 Å². The largest absolute Gasteiger partial charge is 0.491 e. The second-order valence-electron chi connectivity index (χ2n) is 7.86. The Morgan fingerprint density at radius 2 is 1.91 bits per heavy atom. The van der Waals surface area contributed by atoms with Crippen LogP contribution in [0.5, 0.6) is 11.5 Å². The van der Waals surface area contributed by atoms with Crippen molar-refractivity contribution in [1.29, 1.82) is 0 Å². The summed E-state index contributed by atoms with van der Waals surface area (Å²) in [5.74, 6) is 0.688. The molecular formula is C25H26ClFN4O3. The van der Waals surface area contributed by atoms with Gasteiger partial charge in [0, 0.05) is 37.3 Å². The van der Waals surface area contributed by atoms with Crippen LogP contribution in [0.3, 0.4) is 0 Å². The molecule has 178 valence electrons. The molecule has 1 heterocycles. The van der Waals surface area contributed by atoms with Gasteiger partial charge in [0.2, 0.25) is 0 Å². The minimum Gasteiger partial charge on any atom is -0.491 e. The molecule has 5 N–H and O–H groups in total. The maximum atomic E-state index is 13.4. The summed E-state index contributed by atoms with van der Waals surface area (Å²) >= 11 is 6.50. The first kappa shape index (κ1) is 23.8. The van der Waals surface area contributed by atoms with E-state index in [0.29, 0.717) is 52.1 Å². The lowest BCUT2D eigenvalue weighted by molar-refractivity contribution is 0.172. The molecule has 1 atom stereocenters. The zero-order valence-corrected chi connectivity index (χ0v) is 19.4. The van der Waals surface area contributed by atoms with E-state index < -0.39 is 5.66 Å². The van der Waals surface area contributed by atoms with Crippen molar-refractivity contribution >= 4 is 29.3 Å². The van der Waals surface area contributed by atoms with Crippen LogP contribution in [0.2, 0.25) is 5.02 Å². The lowest BCUT2D eigenvalue weighted by atomic mass is 9.89. The number of benzene rings is 3. The summed E-state index contributed by atoms with van der Waals surface area (Å²) in [6, 6.07) is 15.0. The number of methoxy groups -OCH3 is 1. The van der Waals surface area contributed by atoms with E-state index in [-0.39, 0.29) is 12.4 Å². The van der Waals surface area contributed by atoms with Crippen molar-refractivity contribution in [2.75, 3.05) is 31.4 Å². The van der Waals surface area contributed by atoms with Crippen molar-refractivity contribution in [3.63, 3.8) is 0 Å². The monoisotopic (exact) mass is 484 g/mol. The Morgan fingerprint density at radius 1 is 1.06 bits per heavy atom. The molecule has 0 bridgehead atoms. The number of nitrogens with one attached hydrogen (secondary N) is 1. The summed E-state index contributed by atoms with van der Waals surface area (Å²) in [5.41, 5.74) is 15.0. The minimum absolute atomic E-state index is 0.180. The summed E-state index contributed by atoms with van der Waals surface area (Å²) in [6.07, 6.45) is 2.28. The average molecular weight is 485 g/mol. The highest BCUT2D eigenvalue weighted by Crippen LogP contribution is 2.42. The molecule has 1 aliphatic rings. The van der Waals surface area contributed by atoms with Gasteiger partial charge in [0.1, 0.15) is 23.9 Å². The van der Waals surface area contributed by atoms with Gasteiger partial charge in [-0.2, -0.15) is 0 Å². The van der Waals surface area contributed by atoms with E-state index >= 15 is 0 Å². The molecule has 1 aliphatic heterocycles. The highest BCUT2D eigenvalue weighted by atomic mass is 35.5. The zero-order chi connectivity index (χ0) is 24.1. The summed E-state index contributed by atoms with van der Waals surface area (Å²) in [7, 11) is 1.65. The van der Waals surface area contributed by atoms with E-state index in [9.17, 15) is 4.39 Å². The van der Waals surface area contributed by atoms with Crippen molar-refractivity contribution < 1.29 is 18.6 Å². The normalized spacial score (nSPS) is 16.6. The van der Waals surface area contributed by atoms with Gasteiger partial charge in [-0.05, 0) is 35.9 Å². The van der Waals surface area contributed by atoms with Crippen LogP contribution >= 0.6 is 11.6 Å². The maximum Gasteiger partial charge on any atom is 0.163 e. The van der Waals surface area contributed by atoms with Crippen LogP contribution < -0.4 is 26.3 Å². The molecule has 7 nitrogen and oxygen atoms in total. The number of fused-ring (bicyclic) bond motifs is 1. The van der Waals surface area contributed by atoms with E-state index in [1.165, 1.54) is 18.5 Å². The molecule has 3 aromatic rings. The van der Waals surface area contributed by atoms with Gasteiger partial charge in [-0.1, -0.05) is 29.8 Å². The van der Waals surface area contributed by atoms with Crippen LogP contribution in [0.25, 0.3) is 0 Å². The molecule has 0 fully saturated rings. The molecule has 0 saturated carbocycles. The van der Waals surface area contributed by atoms with Crippen LogP contribution in [-0.2, 0) is 17.0 Å². The average Bonchev–Trinajstić information content (AvgIpc) is 2.82. The first-order valence-corrected chi connectivity index (χ1v) is 11.1. The van der Waals surface area contributed by atoms with Gasteiger partial charge in [0.15, 0.2) is 5.66 Å². The molecule has 0 radical (unpaired) electrons. The van der Waals surface area contributed by atoms with Gasteiger partial charge in [0.25, 0.3) is 0 Å². The van der Waals surface area contributed by atoms with E-state index in [4.69, 9.17) is 37.3 Å². The Morgan fingerprint density at radius 3 is 2.68 bits per heavy atom. The van der Waals surface area contributed by atoms with Crippen LogP contribution in [0, 0.1) is 5.82 Å². The molecule has 9 heteroatoms. The molecular weight excluding hydrogens is 459 g/mol. The van der Waals surface area contributed by atoms with Crippen molar-refractivity contribution in [2.45, 2.75) is 18.7 Å². The first-order valence-electron chi connectivity index (χ1n) is 10.7. The predicted octanol–water partition coefficient (Wildman–Crippen LogP) is 4.67. The third kappa shape index (κ3) is 5.09. The maximum absolute atomic E-state index is 13.4. The predicted molar refractivity (Wildman–Crippen MR) is 132 cm³/mol. The Balaban J connectivity index is 1.56. The lowest BCUT2D eigenvalue weighted by Gasteiger charge is -2.32. The number of nitrogens with zero attached hydrogens (tertiary/aromatic N) is 1. The zero-order valence-electron chi connectivity index (χ0n) is 18.7. The fourth-order valence-corrected chi connectivity index (χ4v) is 3.92. The summed E-state index contributed by atoms with van der Waals surface area (Å²) in [6.45, 7) is 1.26. The van der Waals surface area contributed by atoms with E-state index in [1.54, 1.807) is 43.5 Å². The number of nitrogens with two attached hydrogens (primary N) is 2. The molecule has 0 aliphatic carbocycles. The van der Waals surface area contributed by atoms with Gasteiger partial charge in [0.05, 0.1) is 29.3 Å². The summed E-state index contributed by atoms with van der Waals surface area (Å²) < 4.78 is 30.0. The number of ether oxygens (including phenoxy) is 3. The second-order valence-corrected chi connectivity index (χ2v) is 8.27. The van der Waals surface area contributed by atoms with Crippen molar-refractivity contribution in [3.05, 3.63) is 82.1 Å². The Bertz CT molecular complexity index is 1210. The minimum atomic E-state index is -1.21.